The molecule has 0 atom stereocenters. The van der Waals surface area contributed by atoms with Crippen molar-refractivity contribution in [2.24, 2.45) is 0 Å². The van der Waals surface area contributed by atoms with Crippen LogP contribution in [0.4, 0.5) is 9.39 Å². The van der Waals surface area contributed by atoms with E-state index in [0.717, 1.165) is 11.4 Å². The van der Waals surface area contributed by atoms with Crippen molar-refractivity contribution in [2.75, 3.05) is 5.73 Å². The van der Waals surface area contributed by atoms with Crippen LogP contribution < -0.4 is 5.73 Å². The number of halogens is 2. The quantitative estimate of drug-likeness (QED) is 0.889. The summed E-state index contributed by atoms with van der Waals surface area (Å²) in [5.74, 6) is -0.454. The summed E-state index contributed by atoms with van der Waals surface area (Å²) in [6.07, 6.45) is 0.824. The molecule has 0 saturated heterocycles. The van der Waals surface area contributed by atoms with Crippen molar-refractivity contribution in [1.82, 2.24) is 4.98 Å². The van der Waals surface area contributed by atoms with Gasteiger partial charge in [0.2, 0.25) is 0 Å². The molecule has 0 aliphatic carbocycles. The molecule has 5 heteroatoms. The molecule has 0 spiro atoms. The number of thiazole rings is 1. The molecule has 2 rings (SSSR count). The molecule has 1 aromatic carbocycles. The maximum atomic E-state index is 13.3. The maximum Gasteiger partial charge on any atom is 0.142 e. The minimum absolute atomic E-state index is 0.105. The molecular formula is C11H10ClFN2S. The van der Waals surface area contributed by atoms with E-state index in [1.807, 2.05) is 6.92 Å². The molecule has 2 nitrogen and oxygen atoms in total. The van der Waals surface area contributed by atoms with Crippen LogP contribution in [0.5, 0.6) is 0 Å². The van der Waals surface area contributed by atoms with Gasteiger partial charge >= 0.3 is 0 Å². The number of nitrogens with two attached hydrogens (primary N) is 1. The fourth-order valence-corrected chi connectivity index (χ4v) is 2.29. The average Bonchev–Trinajstić information content (AvgIpc) is 2.64. The van der Waals surface area contributed by atoms with Gasteiger partial charge in [-0.1, -0.05) is 24.6 Å². The summed E-state index contributed by atoms with van der Waals surface area (Å²) in [5.41, 5.74) is 7.14. The minimum atomic E-state index is -0.454. The molecule has 2 N–H and O–H groups in total. The van der Waals surface area contributed by atoms with Gasteiger partial charge in [-0.3, -0.25) is 0 Å². The lowest BCUT2D eigenvalue weighted by atomic mass is 10.1. The van der Waals surface area contributed by atoms with Crippen LogP contribution in [-0.2, 0) is 6.42 Å². The lowest BCUT2D eigenvalue weighted by Crippen LogP contribution is -1.87. The number of aromatic nitrogens is 1. The smallest absolute Gasteiger partial charge is 0.142 e. The van der Waals surface area contributed by atoms with Gasteiger partial charge in [-0.15, -0.1) is 11.3 Å². The number of nitrogen functional groups attached to an aromatic ring is 1. The van der Waals surface area contributed by atoms with Crippen molar-refractivity contribution in [3.8, 4) is 11.3 Å². The molecule has 0 fully saturated rings. The van der Waals surface area contributed by atoms with Crippen LogP contribution in [0.3, 0.4) is 0 Å². The lowest BCUT2D eigenvalue weighted by molar-refractivity contribution is 0.628. The van der Waals surface area contributed by atoms with Gasteiger partial charge < -0.3 is 5.73 Å². The zero-order valence-electron chi connectivity index (χ0n) is 8.63. The van der Waals surface area contributed by atoms with Crippen LogP contribution in [0.1, 0.15) is 11.9 Å². The third kappa shape index (κ3) is 2.03. The monoisotopic (exact) mass is 256 g/mol. The maximum absolute atomic E-state index is 13.3. The van der Waals surface area contributed by atoms with E-state index in [0.29, 0.717) is 16.3 Å². The predicted octanol–water partition coefficient (Wildman–Crippen LogP) is 3.75. The average molecular weight is 257 g/mol. The molecule has 0 bridgehead atoms. The molecule has 84 valence electrons. The fraction of sp³-hybridized carbons (Fsp3) is 0.182. The molecule has 0 unspecified atom stereocenters. The van der Waals surface area contributed by atoms with Crippen LogP contribution >= 0.6 is 22.9 Å². The van der Waals surface area contributed by atoms with E-state index in [9.17, 15) is 4.39 Å². The van der Waals surface area contributed by atoms with Crippen molar-refractivity contribution in [3.05, 3.63) is 34.0 Å². The van der Waals surface area contributed by atoms with Crippen molar-refractivity contribution in [3.63, 3.8) is 0 Å². The van der Waals surface area contributed by atoms with E-state index >= 15 is 0 Å². The Morgan fingerprint density at radius 1 is 1.50 bits per heavy atom. The Balaban J connectivity index is 2.49. The molecule has 0 aliphatic heterocycles. The van der Waals surface area contributed by atoms with Gasteiger partial charge in [0.05, 0.1) is 10.0 Å². The van der Waals surface area contributed by atoms with Crippen molar-refractivity contribution >= 4 is 27.9 Å². The Kier molecular flexibility index (Phi) is 3.12. The summed E-state index contributed by atoms with van der Waals surface area (Å²) in [5, 5.41) is 1.66. The first-order valence-corrected chi connectivity index (χ1v) is 6.02. The van der Waals surface area contributed by atoms with Crippen LogP contribution in [0, 0.1) is 5.82 Å². The summed E-state index contributed by atoms with van der Waals surface area (Å²) >= 11 is 7.05. The second kappa shape index (κ2) is 4.39. The normalized spacial score (nSPS) is 10.7. The topological polar surface area (TPSA) is 38.9 Å². The second-order valence-corrected chi connectivity index (χ2v) is 4.83. The van der Waals surface area contributed by atoms with Gasteiger partial charge in [0.15, 0.2) is 0 Å². The Morgan fingerprint density at radius 3 is 2.81 bits per heavy atom. The largest absolute Gasteiger partial charge is 0.389 e. The van der Waals surface area contributed by atoms with Gasteiger partial charge in [0.1, 0.15) is 16.5 Å². The summed E-state index contributed by atoms with van der Waals surface area (Å²) in [6.45, 7) is 2.00. The molecule has 1 aromatic heterocycles. The number of rotatable bonds is 2. The summed E-state index contributed by atoms with van der Waals surface area (Å²) in [6, 6.07) is 4.58. The highest BCUT2D eigenvalue weighted by Crippen LogP contribution is 2.32. The molecule has 0 amide bonds. The molecule has 1 heterocycles. The molecule has 0 aliphatic rings. The van der Waals surface area contributed by atoms with Gasteiger partial charge in [0.25, 0.3) is 0 Å². The third-order valence-electron chi connectivity index (χ3n) is 2.19. The Bertz CT molecular complexity index is 525. The van der Waals surface area contributed by atoms with Gasteiger partial charge in [-0.25, -0.2) is 9.37 Å². The summed E-state index contributed by atoms with van der Waals surface area (Å²) in [7, 11) is 0. The standard InChI is InChI=1S/C11H10ClFN2S/c1-2-9-15-10(11(14)16-9)6-3-4-7(12)8(13)5-6/h3-5H,2,14H2,1H3. The second-order valence-electron chi connectivity index (χ2n) is 3.30. The zero-order valence-corrected chi connectivity index (χ0v) is 10.2. The summed E-state index contributed by atoms with van der Waals surface area (Å²) < 4.78 is 13.3. The minimum Gasteiger partial charge on any atom is -0.389 e. The number of hydrogen-bond acceptors (Lipinski definition) is 3. The predicted molar refractivity (Wildman–Crippen MR) is 66.3 cm³/mol. The first kappa shape index (κ1) is 11.4. The van der Waals surface area contributed by atoms with E-state index in [1.54, 1.807) is 6.07 Å². The number of aryl methyl sites for hydroxylation is 1. The first-order chi connectivity index (χ1) is 7.61. The van der Waals surface area contributed by atoms with Crippen LogP contribution in [0.25, 0.3) is 11.3 Å². The van der Waals surface area contributed by atoms with Gasteiger partial charge in [-0.05, 0) is 18.6 Å². The molecule has 16 heavy (non-hydrogen) atoms. The molecular weight excluding hydrogens is 247 g/mol. The third-order valence-corrected chi connectivity index (χ3v) is 3.53. The molecule has 0 saturated carbocycles. The van der Waals surface area contributed by atoms with Crippen LogP contribution in [0.15, 0.2) is 18.2 Å². The highest BCUT2D eigenvalue weighted by molar-refractivity contribution is 7.16. The van der Waals surface area contributed by atoms with Crippen LogP contribution in [0.2, 0.25) is 5.02 Å². The zero-order chi connectivity index (χ0) is 11.7. The van der Waals surface area contributed by atoms with Gasteiger partial charge in [-0.2, -0.15) is 0 Å². The van der Waals surface area contributed by atoms with Crippen molar-refractivity contribution in [2.45, 2.75) is 13.3 Å². The first-order valence-electron chi connectivity index (χ1n) is 4.82. The lowest BCUT2D eigenvalue weighted by Gasteiger charge is -2.00. The highest BCUT2D eigenvalue weighted by atomic mass is 35.5. The van der Waals surface area contributed by atoms with Gasteiger partial charge in [0, 0.05) is 5.56 Å². The number of nitrogens with zero attached hydrogens (tertiary/aromatic N) is 1. The van der Waals surface area contributed by atoms with E-state index < -0.39 is 5.82 Å². The van der Waals surface area contributed by atoms with Crippen molar-refractivity contribution < 1.29 is 4.39 Å². The molecule has 2 aromatic rings. The fourth-order valence-electron chi connectivity index (χ4n) is 1.38. The van der Waals surface area contributed by atoms with E-state index in [2.05, 4.69) is 4.98 Å². The Hall–Kier alpha value is -1.13. The van der Waals surface area contributed by atoms with E-state index in [1.165, 1.54) is 23.5 Å². The SMILES string of the molecule is CCc1nc(-c2ccc(Cl)c(F)c2)c(N)s1. The number of hydrogen-bond donors (Lipinski definition) is 1. The highest BCUT2D eigenvalue weighted by Gasteiger charge is 2.11. The van der Waals surface area contributed by atoms with E-state index in [-0.39, 0.29) is 5.02 Å². The number of benzene rings is 1. The molecule has 0 radical (unpaired) electrons. The van der Waals surface area contributed by atoms with E-state index in [4.69, 9.17) is 17.3 Å². The van der Waals surface area contributed by atoms with Crippen molar-refractivity contribution in [1.29, 1.82) is 0 Å². The van der Waals surface area contributed by atoms with Crippen LogP contribution in [-0.4, -0.2) is 4.98 Å². The summed E-state index contributed by atoms with van der Waals surface area (Å²) in [4.78, 5) is 4.35. The Morgan fingerprint density at radius 2 is 2.25 bits per heavy atom. The Labute approximate surface area is 102 Å². The number of anilines is 1.